The number of nitrogens with zero attached hydrogens (tertiary/aromatic N) is 3. The van der Waals surface area contributed by atoms with Crippen molar-refractivity contribution < 1.29 is 4.74 Å². The summed E-state index contributed by atoms with van der Waals surface area (Å²) in [4.78, 5) is 4.22. The van der Waals surface area contributed by atoms with Crippen LogP contribution in [0.4, 0.5) is 5.69 Å². The molecule has 0 aliphatic heterocycles. The fraction of sp³-hybridized carbons (Fsp3) is 0.429. The zero-order valence-corrected chi connectivity index (χ0v) is 11.5. The van der Waals surface area contributed by atoms with E-state index >= 15 is 0 Å². The van der Waals surface area contributed by atoms with Crippen LogP contribution >= 0.6 is 0 Å². The van der Waals surface area contributed by atoms with E-state index in [0.717, 1.165) is 24.3 Å². The van der Waals surface area contributed by atoms with Gasteiger partial charge in [-0.2, -0.15) is 5.10 Å². The average Bonchev–Trinajstić information content (AvgIpc) is 2.86. The van der Waals surface area contributed by atoms with E-state index in [4.69, 9.17) is 4.74 Å². The van der Waals surface area contributed by atoms with Crippen LogP contribution in [0.3, 0.4) is 0 Å². The topological polar surface area (TPSA) is 52.0 Å². The van der Waals surface area contributed by atoms with E-state index in [1.165, 1.54) is 0 Å². The van der Waals surface area contributed by atoms with Crippen LogP contribution in [0.15, 0.2) is 30.6 Å². The molecule has 102 valence electrons. The van der Waals surface area contributed by atoms with Gasteiger partial charge in [-0.1, -0.05) is 6.92 Å². The summed E-state index contributed by atoms with van der Waals surface area (Å²) >= 11 is 0. The molecular formula is C14H20N4O. The summed E-state index contributed by atoms with van der Waals surface area (Å²) < 4.78 is 7.51. The van der Waals surface area contributed by atoms with Gasteiger partial charge < -0.3 is 10.1 Å². The quantitative estimate of drug-likeness (QED) is 0.831. The molecule has 0 fully saturated rings. The van der Waals surface area contributed by atoms with Crippen molar-refractivity contribution in [1.82, 2.24) is 14.8 Å². The zero-order valence-electron chi connectivity index (χ0n) is 11.5. The Balaban J connectivity index is 2.03. The van der Waals surface area contributed by atoms with Gasteiger partial charge in [0.1, 0.15) is 0 Å². The molecule has 2 aromatic heterocycles. The number of pyridine rings is 1. The lowest BCUT2D eigenvalue weighted by Gasteiger charge is -2.12. The molecule has 0 saturated carbocycles. The van der Waals surface area contributed by atoms with Crippen LogP contribution in [0.5, 0.6) is 5.88 Å². The predicted molar refractivity (Wildman–Crippen MR) is 75.3 cm³/mol. The molecule has 2 heterocycles. The van der Waals surface area contributed by atoms with E-state index < -0.39 is 0 Å². The smallest absolute Gasteiger partial charge is 0.237 e. The summed E-state index contributed by atoms with van der Waals surface area (Å²) in [6.45, 7) is 6.36. The highest BCUT2D eigenvalue weighted by Gasteiger charge is 2.05. The predicted octanol–water partition coefficient (Wildman–Crippen LogP) is 2.70. The number of hydrogen-bond acceptors (Lipinski definition) is 4. The first kappa shape index (κ1) is 13.4. The second-order valence-corrected chi connectivity index (χ2v) is 4.19. The lowest BCUT2D eigenvalue weighted by molar-refractivity contribution is 0.328. The Kier molecular flexibility index (Phi) is 4.78. The number of aromatic nitrogens is 3. The minimum absolute atomic E-state index is 0.611. The van der Waals surface area contributed by atoms with Crippen LogP contribution < -0.4 is 10.1 Å². The SMILES string of the molecule is CCCn1nccc1CNc1cccnc1OCC. The third-order valence-electron chi connectivity index (χ3n) is 2.75. The lowest BCUT2D eigenvalue weighted by atomic mass is 10.3. The minimum atomic E-state index is 0.611. The summed E-state index contributed by atoms with van der Waals surface area (Å²) in [5.74, 6) is 0.645. The van der Waals surface area contributed by atoms with Crippen molar-refractivity contribution in [2.24, 2.45) is 0 Å². The Bertz CT molecular complexity index is 510. The number of aryl methyl sites for hydroxylation is 1. The summed E-state index contributed by atoms with van der Waals surface area (Å²) in [5.41, 5.74) is 2.07. The van der Waals surface area contributed by atoms with Crippen molar-refractivity contribution in [3.8, 4) is 5.88 Å². The van der Waals surface area contributed by atoms with Crippen LogP contribution in [-0.2, 0) is 13.1 Å². The Labute approximate surface area is 113 Å². The van der Waals surface area contributed by atoms with Gasteiger partial charge in [0.15, 0.2) is 0 Å². The summed E-state index contributed by atoms with van der Waals surface area (Å²) in [7, 11) is 0. The third-order valence-corrected chi connectivity index (χ3v) is 2.75. The number of rotatable bonds is 7. The maximum Gasteiger partial charge on any atom is 0.237 e. The van der Waals surface area contributed by atoms with Gasteiger partial charge in [0.05, 0.1) is 24.5 Å². The first-order chi connectivity index (χ1) is 9.35. The maximum absolute atomic E-state index is 5.49. The van der Waals surface area contributed by atoms with E-state index in [-0.39, 0.29) is 0 Å². The maximum atomic E-state index is 5.49. The van der Waals surface area contributed by atoms with Crippen LogP contribution in [0.2, 0.25) is 0 Å². The van der Waals surface area contributed by atoms with Gasteiger partial charge in [-0.25, -0.2) is 4.98 Å². The summed E-state index contributed by atoms with van der Waals surface area (Å²) in [5, 5.41) is 7.66. The monoisotopic (exact) mass is 260 g/mol. The van der Waals surface area contributed by atoms with Gasteiger partial charge in [-0.3, -0.25) is 4.68 Å². The highest BCUT2D eigenvalue weighted by Crippen LogP contribution is 2.21. The highest BCUT2D eigenvalue weighted by atomic mass is 16.5. The molecule has 0 unspecified atom stereocenters. The molecule has 0 saturated heterocycles. The number of ether oxygens (including phenoxy) is 1. The first-order valence-electron chi connectivity index (χ1n) is 6.67. The van der Waals surface area contributed by atoms with Crippen molar-refractivity contribution in [2.75, 3.05) is 11.9 Å². The second-order valence-electron chi connectivity index (χ2n) is 4.19. The van der Waals surface area contributed by atoms with Crippen LogP contribution in [0, 0.1) is 0 Å². The zero-order chi connectivity index (χ0) is 13.5. The van der Waals surface area contributed by atoms with E-state index in [1.807, 2.05) is 36.0 Å². The molecule has 0 amide bonds. The van der Waals surface area contributed by atoms with Gasteiger partial charge >= 0.3 is 0 Å². The molecule has 2 rings (SSSR count). The molecule has 5 nitrogen and oxygen atoms in total. The van der Waals surface area contributed by atoms with Crippen molar-refractivity contribution >= 4 is 5.69 Å². The van der Waals surface area contributed by atoms with E-state index in [0.29, 0.717) is 19.0 Å². The normalized spacial score (nSPS) is 10.4. The Hall–Kier alpha value is -2.04. The lowest BCUT2D eigenvalue weighted by Crippen LogP contribution is -2.10. The molecule has 0 radical (unpaired) electrons. The van der Waals surface area contributed by atoms with E-state index in [2.05, 4.69) is 22.3 Å². The Morgan fingerprint density at radius 1 is 1.26 bits per heavy atom. The summed E-state index contributed by atoms with van der Waals surface area (Å²) in [6, 6.07) is 5.89. The molecule has 5 heteroatoms. The van der Waals surface area contributed by atoms with Crippen LogP contribution in [0.25, 0.3) is 0 Å². The third kappa shape index (κ3) is 3.47. The van der Waals surface area contributed by atoms with E-state index in [1.54, 1.807) is 6.20 Å². The molecule has 0 aliphatic carbocycles. The number of nitrogens with one attached hydrogen (secondary N) is 1. The largest absolute Gasteiger partial charge is 0.476 e. The Morgan fingerprint density at radius 2 is 2.16 bits per heavy atom. The van der Waals surface area contributed by atoms with Gasteiger partial charge in [-0.15, -0.1) is 0 Å². The van der Waals surface area contributed by atoms with Crippen molar-refractivity contribution in [3.05, 3.63) is 36.3 Å². The first-order valence-corrected chi connectivity index (χ1v) is 6.67. The fourth-order valence-electron chi connectivity index (χ4n) is 1.89. The summed E-state index contributed by atoms with van der Waals surface area (Å²) in [6.07, 6.45) is 4.64. The number of anilines is 1. The minimum Gasteiger partial charge on any atom is -0.476 e. The number of hydrogen-bond donors (Lipinski definition) is 1. The molecule has 2 aromatic rings. The average molecular weight is 260 g/mol. The standard InChI is InChI=1S/C14H20N4O/c1-3-10-18-12(7-9-17-18)11-16-13-6-5-8-15-14(13)19-4-2/h5-9,16H,3-4,10-11H2,1-2H3. The molecule has 0 aromatic carbocycles. The van der Waals surface area contributed by atoms with Crippen LogP contribution in [-0.4, -0.2) is 21.4 Å². The molecule has 0 aliphatic rings. The van der Waals surface area contributed by atoms with Crippen molar-refractivity contribution in [3.63, 3.8) is 0 Å². The van der Waals surface area contributed by atoms with Crippen molar-refractivity contribution in [2.45, 2.75) is 33.4 Å². The molecule has 0 bridgehead atoms. The van der Waals surface area contributed by atoms with Gasteiger partial charge in [0.25, 0.3) is 0 Å². The van der Waals surface area contributed by atoms with Gasteiger partial charge in [0, 0.05) is 18.9 Å². The molecule has 19 heavy (non-hydrogen) atoms. The van der Waals surface area contributed by atoms with Gasteiger partial charge in [-0.05, 0) is 31.5 Å². The molecular weight excluding hydrogens is 240 g/mol. The second kappa shape index (κ2) is 6.78. The molecule has 1 N–H and O–H groups in total. The van der Waals surface area contributed by atoms with Gasteiger partial charge in [0.2, 0.25) is 5.88 Å². The molecule has 0 atom stereocenters. The van der Waals surface area contributed by atoms with Crippen LogP contribution in [0.1, 0.15) is 26.0 Å². The highest BCUT2D eigenvalue weighted by molar-refractivity contribution is 5.52. The molecule has 0 spiro atoms. The fourth-order valence-corrected chi connectivity index (χ4v) is 1.89. The van der Waals surface area contributed by atoms with Crippen molar-refractivity contribution in [1.29, 1.82) is 0 Å². The Morgan fingerprint density at radius 3 is 2.95 bits per heavy atom. The van der Waals surface area contributed by atoms with E-state index in [9.17, 15) is 0 Å².